The standard InChI is InChI=1S/C19H25N3O2S/c1-3-4-8-21-10-7-20-18(21)15-6-5-9-22(12-15)19(24)16-11-17(14(2)23)25-13-16/h7,10-11,13,15H,3-6,8-9,12H2,1-2H3/t15-/m0/s1. The van der Waals surface area contributed by atoms with E-state index in [0.717, 1.165) is 44.6 Å². The van der Waals surface area contributed by atoms with Crippen molar-refractivity contribution in [2.24, 2.45) is 0 Å². The van der Waals surface area contributed by atoms with Crippen molar-refractivity contribution < 1.29 is 9.59 Å². The van der Waals surface area contributed by atoms with Crippen LogP contribution in [0.15, 0.2) is 23.8 Å². The number of carbonyl (C=O) groups excluding carboxylic acids is 2. The summed E-state index contributed by atoms with van der Waals surface area (Å²) in [7, 11) is 0. The molecule has 0 bridgehead atoms. The fourth-order valence-electron chi connectivity index (χ4n) is 3.39. The second-order valence-electron chi connectivity index (χ2n) is 6.68. The molecule has 1 aliphatic heterocycles. The number of ketones is 1. The number of aromatic nitrogens is 2. The summed E-state index contributed by atoms with van der Waals surface area (Å²) in [6.45, 7) is 6.19. The minimum absolute atomic E-state index is 0.0125. The lowest BCUT2D eigenvalue weighted by molar-refractivity contribution is 0.0704. The van der Waals surface area contributed by atoms with E-state index in [4.69, 9.17) is 0 Å². The fraction of sp³-hybridized carbons (Fsp3) is 0.526. The number of hydrogen-bond donors (Lipinski definition) is 0. The van der Waals surface area contributed by atoms with E-state index in [1.807, 2.05) is 17.3 Å². The van der Waals surface area contributed by atoms with Crippen LogP contribution >= 0.6 is 11.3 Å². The number of piperidine rings is 1. The predicted octanol–water partition coefficient (Wildman–Crippen LogP) is 3.97. The number of thiophene rings is 1. The Morgan fingerprint density at radius 2 is 2.24 bits per heavy atom. The van der Waals surface area contributed by atoms with Crippen LogP contribution in [0.5, 0.6) is 0 Å². The number of likely N-dealkylation sites (tertiary alicyclic amines) is 1. The maximum Gasteiger partial charge on any atom is 0.254 e. The van der Waals surface area contributed by atoms with E-state index in [0.29, 0.717) is 17.0 Å². The average Bonchev–Trinajstić information content (AvgIpc) is 3.28. The predicted molar refractivity (Wildman–Crippen MR) is 99.3 cm³/mol. The third-order valence-corrected chi connectivity index (χ3v) is 5.80. The van der Waals surface area contributed by atoms with E-state index in [-0.39, 0.29) is 17.6 Å². The molecule has 3 heterocycles. The van der Waals surface area contributed by atoms with E-state index in [2.05, 4.69) is 16.5 Å². The van der Waals surface area contributed by atoms with Crippen molar-refractivity contribution in [2.45, 2.75) is 52.0 Å². The third kappa shape index (κ3) is 4.00. The summed E-state index contributed by atoms with van der Waals surface area (Å²) in [5.74, 6) is 1.43. The quantitative estimate of drug-likeness (QED) is 0.734. The first-order chi connectivity index (χ1) is 12.1. The largest absolute Gasteiger partial charge is 0.338 e. The van der Waals surface area contributed by atoms with Gasteiger partial charge in [0.05, 0.1) is 10.4 Å². The summed E-state index contributed by atoms with van der Waals surface area (Å²) >= 11 is 1.35. The molecule has 0 radical (unpaired) electrons. The van der Waals surface area contributed by atoms with Gasteiger partial charge in [-0.3, -0.25) is 9.59 Å². The maximum absolute atomic E-state index is 12.8. The van der Waals surface area contributed by atoms with E-state index >= 15 is 0 Å². The molecule has 5 nitrogen and oxygen atoms in total. The fourth-order valence-corrected chi connectivity index (χ4v) is 4.17. The van der Waals surface area contributed by atoms with Crippen LogP contribution in [0.1, 0.15) is 71.3 Å². The summed E-state index contributed by atoms with van der Waals surface area (Å²) in [5.41, 5.74) is 0.630. The van der Waals surface area contributed by atoms with Crippen LogP contribution in [0.25, 0.3) is 0 Å². The molecule has 2 aromatic heterocycles. The van der Waals surface area contributed by atoms with Crippen molar-refractivity contribution in [3.8, 4) is 0 Å². The highest BCUT2D eigenvalue weighted by Gasteiger charge is 2.28. The third-order valence-electron chi connectivity index (χ3n) is 4.77. The number of Topliss-reactive ketones (excluding diaryl/α,β-unsaturated/α-hetero) is 1. The van der Waals surface area contributed by atoms with Gasteiger partial charge in [-0.1, -0.05) is 13.3 Å². The Kier molecular flexibility index (Phi) is 5.68. The molecule has 0 N–H and O–H groups in total. The molecule has 1 saturated heterocycles. The van der Waals surface area contributed by atoms with Crippen LogP contribution in [0.3, 0.4) is 0 Å². The van der Waals surface area contributed by atoms with Crippen molar-refractivity contribution in [2.75, 3.05) is 13.1 Å². The zero-order valence-electron chi connectivity index (χ0n) is 14.9. The number of rotatable bonds is 6. The lowest BCUT2D eigenvalue weighted by Crippen LogP contribution is -2.39. The highest BCUT2D eigenvalue weighted by Crippen LogP contribution is 2.28. The summed E-state index contributed by atoms with van der Waals surface area (Å²) in [5, 5.41) is 1.80. The molecular weight excluding hydrogens is 334 g/mol. The van der Waals surface area contributed by atoms with Gasteiger partial charge in [-0.25, -0.2) is 4.98 Å². The van der Waals surface area contributed by atoms with Gasteiger partial charge in [0.2, 0.25) is 0 Å². The molecule has 1 atom stereocenters. The van der Waals surface area contributed by atoms with Gasteiger partial charge in [0.1, 0.15) is 5.82 Å². The number of amides is 1. The molecule has 3 rings (SSSR count). The minimum Gasteiger partial charge on any atom is -0.338 e. The number of hydrogen-bond acceptors (Lipinski definition) is 4. The van der Waals surface area contributed by atoms with E-state index < -0.39 is 0 Å². The van der Waals surface area contributed by atoms with Crippen LogP contribution in [0.2, 0.25) is 0 Å². The zero-order chi connectivity index (χ0) is 17.8. The van der Waals surface area contributed by atoms with Gasteiger partial charge in [0.15, 0.2) is 5.78 Å². The molecule has 0 unspecified atom stereocenters. The van der Waals surface area contributed by atoms with Crippen LogP contribution in [-0.2, 0) is 6.54 Å². The molecule has 134 valence electrons. The second-order valence-corrected chi connectivity index (χ2v) is 7.59. The van der Waals surface area contributed by atoms with Gasteiger partial charge < -0.3 is 9.47 Å². The lowest BCUT2D eigenvalue weighted by atomic mass is 9.96. The number of nitrogens with zero attached hydrogens (tertiary/aromatic N) is 3. The summed E-state index contributed by atoms with van der Waals surface area (Å²) in [4.78, 5) is 31.4. The molecule has 1 fully saturated rings. The summed E-state index contributed by atoms with van der Waals surface area (Å²) in [6, 6.07) is 1.72. The highest BCUT2D eigenvalue weighted by molar-refractivity contribution is 7.12. The smallest absolute Gasteiger partial charge is 0.254 e. The molecule has 0 saturated carbocycles. The molecular formula is C19H25N3O2S. The number of aryl methyl sites for hydroxylation is 1. The SMILES string of the molecule is CCCCn1ccnc1[C@H]1CCCN(C(=O)c2csc(C(C)=O)c2)C1. The Bertz CT molecular complexity index is 749. The molecule has 25 heavy (non-hydrogen) atoms. The lowest BCUT2D eigenvalue weighted by Gasteiger charge is -2.32. The van der Waals surface area contributed by atoms with Gasteiger partial charge in [-0.15, -0.1) is 11.3 Å². The first-order valence-corrected chi connectivity index (χ1v) is 9.88. The number of imidazole rings is 1. The van der Waals surface area contributed by atoms with Gasteiger partial charge in [0.25, 0.3) is 5.91 Å². The first kappa shape index (κ1) is 17.9. The van der Waals surface area contributed by atoms with Crippen molar-refractivity contribution in [3.63, 3.8) is 0 Å². The Morgan fingerprint density at radius 1 is 1.40 bits per heavy atom. The molecule has 0 spiro atoms. The summed E-state index contributed by atoms with van der Waals surface area (Å²) < 4.78 is 2.24. The van der Waals surface area contributed by atoms with Crippen molar-refractivity contribution in [3.05, 3.63) is 40.1 Å². The summed E-state index contributed by atoms with van der Waals surface area (Å²) in [6.07, 6.45) is 8.26. The Labute approximate surface area is 152 Å². The van der Waals surface area contributed by atoms with Gasteiger partial charge >= 0.3 is 0 Å². The first-order valence-electron chi connectivity index (χ1n) is 9.00. The van der Waals surface area contributed by atoms with Crippen LogP contribution in [0, 0.1) is 0 Å². The molecule has 0 aromatic carbocycles. The van der Waals surface area contributed by atoms with Crippen LogP contribution < -0.4 is 0 Å². The average molecular weight is 359 g/mol. The van der Waals surface area contributed by atoms with Crippen molar-refractivity contribution in [1.29, 1.82) is 0 Å². The zero-order valence-corrected chi connectivity index (χ0v) is 15.7. The molecule has 1 amide bonds. The highest BCUT2D eigenvalue weighted by atomic mass is 32.1. The Morgan fingerprint density at radius 3 is 2.96 bits per heavy atom. The van der Waals surface area contributed by atoms with E-state index in [1.54, 1.807) is 11.4 Å². The Hall–Kier alpha value is -1.95. The Balaban J connectivity index is 1.71. The molecule has 1 aliphatic rings. The van der Waals surface area contributed by atoms with Gasteiger partial charge in [-0.05, 0) is 32.3 Å². The van der Waals surface area contributed by atoms with E-state index in [1.165, 1.54) is 18.3 Å². The van der Waals surface area contributed by atoms with Gasteiger partial charge in [-0.2, -0.15) is 0 Å². The topological polar surface area (TPSA) is 55.2 Å². The minimum atomic E-state index is 0.0125. The van der Waals surface area contributed by atoms with E-state index in [9.17, 15) is 9.59 Å². The molecule has 0 aliphatic carbocycles. The number of unbranched alkanes of at least 4 members (excludes halogenated alkanes) is 1. The van der Waals surface area contributed by atoms with Gasteiger partial charge in [0, 0.05) is 43.3 Å². The molecule has 2 aromatic rings. The van der Waals surface area contributed by atoms with Crippen LogP contribution in [0.4, 0.5) is 0 Å². The van der Waals surface area contributed by atoms with Crippen LogP contribution in [-0.4, -0.2) is 39.2 Å². The normalized spacial score (nSPS) is 17.7. The van der Waals surface area contributed by atoms with Crippen molar-refractivity contribution in [1.82, 2.24) is 14.5 Å². The van der Waals surface area contributed by atoms with Crippen molar-refractivity contribution >= 4 is 23.0 Å². The molecule has 6 heteroatoms. The second kappa shape index (κ2) is 7.95. The number of carbonyl (C=O) groups is 2. The monoisotopic (exact) mass is 359 g/mol. The maximum atomic E-state index is 12.8.